The summed E-state index contributed by atoms with van der Waals surface area (Å²) < 4.78 is 6.78. The monoisotopic (exact) mass is 539 g/mol. The van der Waals surface area contributed by atoms with E-state index in [4.69, 9.17) is 4.74 Å². The van der Waals surface area contributed by atoms with Crippen molar-refractivity contribution in [3.63, 3.8) is 0 Å². The Morgan fingerprint density at radius 1 is 0.500 bits per heavy atom. The van der Waals surface area contributed by atoms with Crippen LogP contribution in [0.4, 0.5) is 17.1 Å². The Morgan fingerprint density at radius 2 is 1.14 bits per heavy atom. The van der Waals surface area contributed by atoms with Crippen molar-refractivity contribution < 1.29 is 4.74 Å². The van der Waals surface area contributed by atoms with Gasteiger partial charge in [0.15, 0.2) is 0 Å². The summed E-state index contributed by atoms with van der Waals surface area (Å²) >= 11 is 0. The van der Waals surface area contributed by atoms with Gasteiger partial charge in [0.2, 0.25) is 0 Å². The molecule has 1 aliphatic heterocycles. The van der Waals surface area contributed by atoms with Gasteiger partial charge in [-0.1, -0.05) is 121 Å². The Morgan fingerprint density at radius 3 is 1.95 bits per heavy atom. The zero-order valence-corrected chi connectivity index (χ0v) is 23.1. The highest BCUT2D eigenvalue weighted by Crippen LogP contribution is 2.53. The molecule has 0 saturated heterocycles. The Balaban J connectivity index is 1.35. The maximum Gasteiger partial charge on any atom is 0.134 e. The fraction of sp³-hybridized carbons (Fsp3) is 0.0500. The molecular formula is C40H29NO. The lowest BCUT2D eigenvalue weighted by molar-refractivity contribution is 0.270. The first-order chi connectivity index (χ1) is 20.8. The van der Waals surface area contributed by atoms with E-state index in [1.165, 1.54) is 27.5 Å². The highest BCUT2D eigenvalue weighted by atomic mass is 16.5. The van der Waals surface area contributed by atoms with Gasteiger partial charge in [0.1, 0.15) is 11.9 Å². The van der Waals surface area contributed by atoms with E-state index in [1.807, 2.05) is 0 Å². The number of anilines is 3. The van der Waals surface area contributed by atoms with Crippen molar-refractivity contribution in [3.8, 4) is 28.0 Å². The highest BCUT2D eigenvalue weighted by Gasteiger charge is 2.36. The number of ether oxygens (including phenoxy) is 1. The van der Waals surface area contributed by atoms with Gasteiger partial charge in [0.05, 0.1) is 5.69 Å². The van der Waals surface area contributed by atoms with Crippen LogP contribution in [0.1, 0.15) is 11.5 Å². The molecule has 0 radical (unpaired) electrons. The van der Waals surface area contributed by atoms with Gasteiger partial charge < -0.3 is 9.64 Å². The number of para-hydroxylation sites is 1. The number of fused-ring (bicyclic) bond motifs is 4. The fourth-order valence-electron chi connectivity index (χ4n) is 6.34. The molecule has 200 valence electrons. The van der Waals surface area contributed by atoms with Crippen LogP contribution in [0.3, 0.4) is 0 Å². The maximum atomic E-state index is 6.78. The summed E-state index contributed by atoms with van der Waals surface area (Å²) in [6.45, 7) is 0. The molecule has 6 aromatic rings. The average Bonchev–Trinajstić information content (AvgIpc) is 3.44. The van der Waals surface area contributed by atoms with Gasteiger partial charge in [-0.3, -0.25) is 0 Å². The van der Waals surface area contributed by atoms with Crippen molar-refractivity contribution in [1.82, 2.24) is 0 Å². The molecule has 0 saturated carbocycles. The van der Waals surface area contributed by atoms with E-state index in [9.17, 15) is 0 Å². The third-order valence-corrected chi connectivity index (χ3v) is 8.39. The SMILES string of the molecule is C1=CC2Oc3c(ccc(N(c4ccccc4)c4ccc(-c5ccccc5)cc4)c3-c3ccc4ccccc4c3)C2C=C1. The second-order valence-electron chi connectivity index (χ2n) is 10.9. The van der Waals surface area contributed by atoms with Crippen molar-refractivity contribution in [3.05, 3.63) is 169 Å². The van der Waals surface area contributed by atoms with Gasteiger partial charge in [0, 0.05) is 28.4 Å². The molecule has 2 unspecified atom stereocenters. The van der Waals surface area contributed by atoms with Crippen molar-refractivity contribution in [2.45, 2.75) is 12.0 Å². The molecule has 0 amide bonds. The second-order valence-corrected chi connectivity index (χ2v) is 10.9. The summed E-state index contributed by atoms with van der Waals surface area (Å²) in [4.78, 5) is 2.36. The van der Waals surface area contributed by atoms with E-state index in [-0.39, 0.29) is 12.0 Å². The number of nitrogens with zero attached hydrogens (tertiary/aromatic N) is 1. The second kappa shape index (κ2) is 10.2. The van der Waals surface area contributed by atoms with Crippen molar-refractivity contribution in [1.29, 1.82) is 0 Å². The number of hydrogen-bond donors (Lipinski definition) is 0. The Bertz CT molecular complexity index is 1960. The lowest BCUT2D eigenvalue weighted by atomic mass is 9.89. The average molecular weight is 540 g/mol. The molecular weight excluding hydrogens is 510 g/mol. The van der Waals surface area contributed by atoms with Crippen LogP contribution in [0.5, 0.6) is 5.75 Å². The quantitative estimate of drug-likeness (QED) is 0.216. The molecule has 0 fully saturated rings. The first-order valence-corrected chi connectivity index (χ1v) is 14.5. The number of hydrogen-bond acceptors (Lipinski definition) is 2. The minimum absolute atomic E-state index is 0.00906. The van der Waals surface area contributed by atoms with Crippen LogP contribution in [0.2, 0.25) is 0 Å². The third kappa shape index (κ3) is 4.20. The first-order valence-electron chi connectivity index (χ1n) is 14.5. The maximum absolute atomic E-state index is 6.78. The van der Waals surface area contributed by atoms with Gasteiger partial charge >= 0.3 is 0 Å². The van der Waals surface area contributed by atoms with Crippen molar-refractivity contribution in [2.24, 2.45) is 0 Å². The molecule has 2 atom stereocenters. The van der Waals surface area contributed by atoms with Crippen LogP contribution >= 0.6 is 0 Å². The molecule has 2 aliphatic rings. The molecule has 0 bridgehead atoms. The highest BCUT2D eigenvalue weighted by molar-refractivity contribution is 5.96. The van der Waals surface area contributed by atoms with E-state index in [0.717, 1.165) is 33.9 Å². The predicted molar refractivity (Wildman–Crippen MR) is 175 cm³/mol. The summed E-state index contributed by atoms with van der Waals surface area (Å²) in [6, 6.07) is 49.9. The van der Waals surface area contributed by atoms with Crippen molar-refractivity contribution in [2.75, 3.05) is 4.90 Å². The lowest BCUT2D eigenvalue weighted by Crippen LogP contribution is -2.15. The van der Waals surface area contributed by atoms with E-state index >= 15 is 0 Å². The number of benzene rings is 6. The molecule has 6 aromatic carbocycles. The van der Waals surface area contributed by atoms with Crippen molar-refractivity contribution >= 4 is 27.8 Å². The smallest absolute Gasteiger partial charge is 0.134 e. The fourth-order valence-corrected chi connectivity index (χ4v) is 6.34. The topological polar surface area (TPSA) is 12.5 Å². The number of rotatable bonds is 5. The minimum atomic E-state index is 0.00906. The molecule has 0 aromatic heterocycles. The summed E-state index contributed by atoms with van der Waals surface area (Å²) in [5, 5.41) is 2.44. The van der Waals surface area contributed by atoms with Crippen LogP contribution in [0.25, 0.3) is 33.0 Å². The lowest BCUT2D eigenvalue weighted by Gasteiger charge is -2.29. The standard InChI is InChI=1S/C40H29NO/c1-3-11-28(12-4-1)30-21-23-34(24-22-30)41(33-15-5-2-6-16-33)37-26-25-36-35-17-9-10-18-38(35)42-40(36)39(37)32-20-19-29-13-7-8-14-31(29)27-32/h1-27,35,38H. The molecule has 42 heavy (non-hydrogen) atoms. The summed E-state index contributed by atoms with van der Waals surface area (Å²) in [5.41, 5.74) is 9.19. The molecule has 1 heterocycles. The minimum Gasteiger partial charge on any atom is -0.484 e. The molecule has 0 N–H and O–H groups in total. The summed E-state index contributed by atoms with van der Waals surface area (Å²) in [5.74, 6) is 1.18. The van der Waals surface area contributed by atoms with Gasteiger partial charge in [-0.2, -0.15) is 0 Å². The summed E-state index contributed by atoms with van der Waals surface area (Å²) in [6.07, 6.45) is 8.67. The molecule has 8 rings (SSSR count). The Kier molecular flexibility index (Phi) is 5.97. The van der Waals surface area contributed by atoms with E-state index < -0.39 is 0 Å². The molecule has 0 spiro atoms. The predicted octanol–water partition coefficient (Wildman–Crippen LogP) is 10.6. The number of allylic oxidation sites excluding steroid dienone is 2. The van der Waals surface area contributed by atoms with Crippen LogP contribution in [-0.2, 0) is 0 Å². The zero-order chi connectivity index (χ0) is 27.9. The van der Waals surface area contributed by atoms with Crippen LogP contribution in [0.15, 0.2) is 164 Å². The van der Waals surface area contributed by atoms with E-state index in [0.29, 0.717) is 0 Å². The van der Waals surface area contributed by atoms with Crippen LogP contribution < -0.4 is 9.64 Å². The van der Waals surface area contributed by atoms with Gasteiger partial charge in [-0.15, -0.1) is 0 Å². The van der Waals surface area contributed by atoms with Crippen LogP contribution in [-0.4, -0.2) is 6.10 Å². The van der Waals surface area contributed by atoms with E-state index in [2.05, 4.69) is 169 Å². The zero-order valence-electron chi connectivity index (χ0n) is 23.1. The van der Waals surface area contributed by atoms with Gasteiger partial charge in [-0.05, 0) is 69.9 Å². The molecule has 2 nitrogen and oxygen atoms in total. The first kappa shape index (κ1) is 24.5. The molecule has 1 aliphatic carbocycles. The van der Waals surface area contributed by atoms with Gasteiger partial charge in [-0.25, -0.2) is 0 Å². The third-order valence-electron chi connectivity index (χ3n) is 8.39. The Hall–Kier alpha value is -5.34. The normalized spacial score (nSPS) is 16.6. The molecule has 2 heteroatoms. The van der Waals surface area contributed by atoms with Crippen LogP contribution in [0, 0.1) is 0 Å². The summed E-state index contributed by atoms with van der Waals surface area (Å²) in [7, 11) is 0. The van der Waals surface area contributed by atoms with Gasteiger partial charge in [0.25, 0.3) is 0 Å². The van der Waals surface area contributed by atoms with E-state index in [1.54, 1.807) is 0 Å². The largest absolute Gasteiger partial charge is 0.484 e. The Labute approximate surface area is 246 Å².